The number of halogens is 1. The number of hydrogen-bond donors (Lipinski definition) is 0. The minimum absolute atomic E-state index is 0. The van der Waals surface area contributed by atoms with Gasteiger partial charge >= 0.3 is 0 Å². The van der Waals surface area contributed by atoms with Crippen molar-refractivity contribution in [2.24, 2.45) is 5.92 Å². The molecule has 1 unspecified atom stereocenters. The van der Waals surface area contributed by atoms with Crippen molar-refractivity contribution in [3.8, 4) is 0 Å². The highest BCUT2D eigenvalue weighted by atomic mass is 79.9. The minimum atomic E-state index is -0.0637. The second-order valence-electron chi connectivity index (χ2n) is 8.56. The van der Waals surface area contributed by atoms with Gasteiger partial charge in [-0.15, -0.1) is 0 Å². The van der Waals surface area contributed by atoms with Crippen LogP contribution in [0.5, 0.6) is 0 Å². The van der Waals surface area contributed by atoms with Gasteiger partial charge in [-0.3, -0.25) is 9.59 Å². The Morgan fingerprint density at radius 3 is 2.45 bits per heavy atom. The third kappa shape index (κ3) is 5.19. The molecule has 3 aromatic rings. The Morgan fingerprint density at radius 1 is 1.03 bits per heavy atom. The number of rotatable bonds is 5. The zero-order valence-corrected chi connectivity index (χ0v) is 19.9. The predicted octanol–water partition coefficient (Wildman–Crippen LogP) is 1.83. The van der Waals surface area contributed by atoms with Crippen LogP contribution < -0.4 is 21.5 Å². The van der Waals surface area contributed by atoms with E-state index in [0.717, 1.165) is 36.1 Å². The summed E-state index contributed by atoms with van der Waals surface area (Å²) in [5, 5.41) is 0. The van der Waals surface area contributed by atoms with Crippen LogP contribution in [0, 0.1) is 19.8 Å². The summed E-state index contributed by atoms with van der Waals surface area (Å²) in [5.74, 6) is 0.191. The maximum absolute atomic E-state index is 13.1. The third-order valence-corrected chi connectivity index (χ3v) is 6.10. The molecule has 4 heteroatoms. The average Bonchev–Trinajstić information content (AvgIpc) is 2.72. The Kier molecular flexibility index (Phi) is 7.22. The van der Waals surface area contributed by atoms with Crippen molar-refractivity contribution in [1.82, 2.24) is 0 Å². The summed E-state index contributed by atoms with van der Waals surface area (Å²) in [5.41, 5.74) is 7.32. The smallest absolute Gasteiger partial charge is 0.180 e. The van der Waals surface area contributed by atoms with Crippen molar-refractivity contribution >= 4 is 11.6 Å². The lowest BCUT2D eigenvalue weighted by Gasteiger charge is -2.24. The first-order valence-electron chi connectivity index (χ1n) is 10.6. The van der Waals surface area contributed by atoms with Gasteiger partial charge in [-0.25, -0.2) is 4.57 Å². The third-order valence-electron chi connectivity index (χ3n) is 6.10. The van der Waals surface area contributed by atoms with E-state index in [1.165, 1.54) is 16.7 Å². The molecule has 0 N–H and O–H groups in total. The lowest BCUT2D eigenvalue weighted by molar-refractivity contribution is -0.688. The molecule has 0 bridgehead atoms. The quantitative estimate of drug-likeness (QED) is 0.415. The predicted molar refractivity (Wildman–Crippen MR) is 118 cm³/mol. The molecule has 1 aliphatic carbocycles. The Labute approximate surface area is 194 Å². The maximum atomic E-state index is 13.1. The number of carbonyl (C=O) groups excluding carboxylic acids is 2. The number of Topliss-reactive ketones (excluding diaryl/α,β-unsaturated/α-hetero) is 2. The number of benzene rings is 2. The number of pyridine rings is 1. The van der Waals surface area contributed by atoms with Crippen LogP contribution in [-0.2, 0) is 19.4 Å². The number of hydrogen-bond acceptors (Lipinski definition) is 2. The zero-order chi connectivity index (χ0) is 21.3. The van der Waals surface area contributed by atoms with E-state index in [-0.39, 0.29) is 34.5 Å². The van der Waals surface area contributed by atoms with Crippen LogP contribution in [0.15, 0.2) is 60.9 Å². The Balaban J connectivity index is 0.00000272. The highest BCUT2D eigenvalue weighted by Gasteiger charge is 2.29. The summed E-state index contributed by atoms with van der Waals surface area (Å²) in [6.07, 6.45) is 6.33. The number of aromatic nitrogens is 1. The fourth-order valence-electron chi connectivity index (χ4n) is 4.38. The molecule has 0 radical (unpaired) electrons. The lowest BCUT2D eigenvalue weighted by Crippen LogP contribution is -3.00. The van der Waals surface area contributed by atoms with Crippen molar-refractivity contribution < 1.29 is 31.1 Å². The summed E-state index contributed by atoms with van der Waals surface area (Å²) in [6.45, 7) is 6.46. The molecule has 1 heterocycles. The molecule has 2 aromatic carbocycles. The van der Waals surface area contributed by atoms with Gasteiger partial charge in [0.05, 0.1) is 5.56 Å². The van der Waals surface area contributed by atoms with Crippen molar-refractivity contribution in [2.75, 3.05) is 0 Å². The number of carbonyl (C=O) groups is 2. The van der Waals surface area contributed by atoms with Crippen LogP contribution >= 0.6 is 0 Å². The van der Waals surface area contributed by atoms with Crippen LogP contribution in [0.1, 0.15) is 61.9 Å². The van der Waals surface area contributed by atoms with E-state index in [4.69, 9.17) is 0 Å². The van der Waals surface area contributed by atoms with Crippen LogP contribution in [0.4, 0.5) is 0 Å². The van der Waals surface area contributed by atoms with E-state index < -0.39 is 0 Å². The van der Waals surface area contributed by atoms with E-state index in [1.807, 2.05) is 35.2 Å². The molecule has 0 fully saturated rings. The highest BCUT2D eigenvalue weighted by molar-refractivity contribution is 6.01. The van der Waals surface area contributed by atoms with E-state index in [9.17, 15) is 9.59 Å². The average molecular weight is 478 g/mol. The molecule has 0 saturated heterocycles. The first kappa shape index (κ1) is 23.1. The first-order chi connectivity index (χ1) is 14.4. The fraction of sp³-hybridized carbons (Fsp3) is 0.296. The van der Waals surface area contributed by atoms with Crippen molar-refractivity contribution in [3.63, 3.8) is 0 Å². The standard InChI is InChI=1S/C27H28NO2.BrH/c1-18-4-7-21(8-5-18)16-28-13-12-23(26(17-28)20(3)29)15-24-10-9-22-14-19(2)6-11-25(22)27(24)30;/h4-8,11-14,17,24H,9-10,15-16H2,1-3H3;1H/q+1;/p-1. The second kappa shape index (κ2) is 9.69. The van der Waals surface area contributed by atoms with Crippen molar-refractivity contribution in [2.45, 2.75) is 46.6 Å². The van der Waals surface area contributed by atoms with E-state index >= 15 is 0 Å². The molecule has 0 aliphatic heterocycles. The molecular formula is C27H28BrNO2. The van der Waals surface area contributed by atoms with Crippen LogP contribution in [-0.4, -0.2) is 11.6 Å². The molecule has 1 atom stereocenters. The molecule has 3 nitrogen and oxygen atoms in total. The molecule has 0 amide bonds. The highest BCUT2D eigenvalue weighted by Crippen LogP contribution is 2.29. The van der Waals surface area contributed by atoms with Crippen LogP contribution in [0.3, 0.4) is 0 Å². The number of ketones is 2. The summed E-state index contributed by atoms with van der Waals surface area (Å²) in [4.78, 5) is 25.4. The summed E-state index contributed by atoms with van der Waals surface area (Å²) < 4.78 is 2.05. The van der Waals surface area contributed by atoms with Crippen LogP contribution in [0.2, 0.25) is 0 Å². The lowest BCUT2D eigenvalue weighted by atomic mass is 9.79. The fourth-order valence-corrected chi connectivity index (χ4v) is 4.38. The molecule has 160 valence electrons. The number of nitrogens with zero attached hydrogens (tertiary/aromatic N) is 1. The summed E-state index contributed by atoms with van der Waals surface area (Å²) in [7, 11) is 0. The SMILES string of the molecule is CC(=O)c1c[n+](Cc2ccc(C)cc2)ccc1CC1CCc2cc(C)ccc2C1=O.[Br-]. The Hall–Kier alpha value is -2.59. The molecule has 0 spiro atoms. The van der Waals surface area contributed by atoms with Gasteiger partial charge in [-0.05, 0) is 51.2 Å². The van der Waals surface area contributed by atoms with Crippen molar-refractivity contribution in [3.05, 3.63) is 99.9 Å². The summed E-state index contributed by atoms with van der Waals surface area (Å²) in [6, 6.07) is 16.5. The zero-order valence-electron chi connectivity index (χ0n) is 18.3. The Morgan fingerprint density at radius 2 is 1.74 bits per heavy atom. The van der Waals surface area contributed by atoms with Gasteiger partial charge in [0.25, 0.3) is 0 Å². The summed E-state index contributed by atoms with van der Waals surface area (Å²) >= 11 is 0. The van der Waals surface area contributed by atoms with Gasteiger partial charge in [-0.1, -0.05) is 53.6 Å². The van der Waals surface area contributed by atoms with E-state index in [0.29, 0.717) is 12.0 Å². The van der Waals surface area contributed by atoms with Gasteiger partial charge in [0, 0.05) is 23.1 Å². The number of aryl methyl sites for hydroxylation is 3. The van der Waals surface area contributed by atoms with Crippen molar-refractivity contribution in [1.29, 1.82) is 0 Å². The number of fused-ring (bicyclic) bond motifs is 1. The monoisotopic (exact) mass is 477 g/mol. The van der Waals surface area contributed by atoms with Gasteiger partial charge in [0.15, 0.2) is 30.5 Å². The molecule has 31 heavy (non-hydrogen) atoms. The Bertz CT molecular complexity index is 1120. The maximum Gasteiger partial charge on any atom is 0.180 e. The van der Waals surface area contributed by atoms with Gasteiger partial charge < -0.3 is 17.0 Å². The largest absolute Gasteiger partial charge is 1.00 e. The second-order valence-corrected chi connectivity index (χ2v) is 8.56. The van der Waals surface area contributed by atoms with Gasteiger partial charge in [-0.2, -0.15) is 0 Å². The molecule has 1 aromatic heterocycles. The molecule has 0 saturated carbocycles. The molecule has 4 rings (SSSR count). The first-order valence-corrected chi connectivity index (χ1v) is 10.6. The van der Waals surface area contributed by atoms with E-state index in [1.54, 1.807) is 6.92 Å². The van der Waals surface area contributed by atoms with Gasteiger partial charge in [0.1, 0.15) is 0 Å². The van der Waals surface area contributed by atoms with Gasteiger partial charge in [0.2, 0.25) is 0 Å². The molecule has 1 aliphatic rings. The molecular weight excluding hydrogens is 450 g/mol. The van der Waals surface area contributed by atoms with E-state index in [2.05, 4.69) is 44.2 Å². The normalized spacial score (nSPS) is 15.2. The van der Waals surface area contributed by atoms with Crippen LogP contribution in [0.25, 0.3) is 0 Å². The topological polar surface area (TPSA) is 38.0 Å². The minimum Gasteiger partial charge on any atom is -1.00 e.